The van der Waals surface area contributed by atoms with Gasteiger partial charge in [0.1, 0.15) is 0 Å². The van der Waals surface area contributed by atoms with Crippen LogP contribution in [0.15, 0.2) is 83.0 Å². The van der Waals surface area contributed by atoms with Gasteiger partial charge < -0.3 is 5.32 Å². The number of aryl methyl sites for hydroxylation is 1. The average Bonchev–Trinajstić information content (AvgIpc) is 3.26. The number of pyridine rings is 1. The van der Waals surface area contributed by atoms with Gasteiger partial charge in [-0.05, 0) is 55.0 Å². The number of amides is 1. The number of rotatable bonds is 5. The monoisotopic (exact) mass is 464 g/mol. The number of carbonyl (C=O) groups excluding carboxylic acids is 1. The van der Waals surface area contributed by atoms with Crippen LogP contribution in [0.2, 0.25) is 0 Å². The second-order valence-corrected chi connectivity index (χ2v) is 8.12. The lowest BCUT2D eigenvalue weighted by Gasteiger charge is -2.24. The Kier molecular flexibility index (Phi) is 5.69. The summed E-state index contributed by atoms with van der Waals surface area (Å²) >= 11 is 4.95. The summed E-state index contributed by atoms with van der Waals surface area (Å²) in [4.78, 5) is 23.4. The molecule has 0 radical (unpaired) electrons. The van der Waals surface area contributed by atoms with Crippen LogP contribution < -0.4 is 10.2 Å². The first-order chi connectivity index (χ1) is 14.1. The number of benzene rings is 2. The standard InChI is InChI=1S/C22H17BrN4OS/c1-15-7-8-18(26-21(28)16-4-2-5-17(23)12-16)13-20(15)27(22-25-10-11-29-22)19-6-3-9-24-14-19/h2-14H,1H3,(H,26,28). The van der Waals surface area contributed by atoms with Gasteiger partial charge in [0.05, 0.1) is 17.6 Å². The van der Waals surface area contributed by atoms with Crippen molar-refractivity contribution in [2.75, 3.05) is 10.2 Å². The molecule has 0 unspecified atom stereocenters. The Balaban J connectivity index is 1.71. The van der Waals surface area contributed by atoms with Crippen LogP contribution in [0.1, 0.15) is 15.9 Å². The molecule has 0 fully saturated rings. The number of nitrogens with one attached hydrogen (secondary N) is 1. The second kappa shape index (κ2) is 8.55. The highest BCUT2D eigenvalue weighted by molar-refractivity contribution is 9.10. The molecule has 5 nitrogen and oxygen atoms in total. The van der Waals surface area contributed by atoms with Gasteiger partial charge in [0.25, 0.3) is 5.91 Å². The highest BCUT2D eigenvalue weighted by atomic mass is 79.9. The van der Waals surface area contributed by atoms with E-state index in [9.17, 15) is 4.79 Å². The molecule has 0 bridgehead atoms. The van der Waals surface area contributed by atoms with Gasteiger partial charge in [-0.15, -0.1) is 11.3 Å². The van der Waals surface area contributed by atoms with Crippen LogP contribution in [0.25, 0.3) is 0 Å². The van der Waals surface area contributed by atoms with E-state index in [-0.39, 0.29) is 5.91 Å². The topological polar surface area (TPSA) is 58.1 Å². The van der Waals surface area contributed by atoms with Crippen LogP contribution in [-0.2, 0) is 0 Å². The van der Waals surface area contributed by atoms with Crippen molar-refractivity contribution in [3.05, 3.63) is 94.2 Å². The zero-order chi connectivity index (χ0) is 20.2. The second-order valence-electron chi connectivity index (χ2n) is 6.33. The molecule has 4 aromatic rings. The summed E-state index contributed by atoms with van der Waals surface area (Å²) in [7, 11) is 0. The Morgan fingerprint density at radius 2 is 2.00 bits per heavy atom. The van der Waals surface area contributed by atoms with Crippen molar-refractivity contribution in [2.24, 2.45) is 0 Å². The fourth-order valence-electron chi connectivity index (χ4n) is 2.93. The molecule has 0 atom stereocenters. The van der Waals surface area contributed by atoms with Gasteiger partial charge in [0.2, 0.25) is 0 Å². The number of aromatic nitrogens is 2. The lowest BCUT2D eigenvalue weighted by molar-refractivity contribution is 0.102. The van der Waals surface area contributed by atoms with Gasteiger partial charge in [0.15, 0.2) is 5.13 Å². The summed E-state index contributed by atoms with van der Waals surface area (Å²) in [6.07, 6.45) is 5.32. The lowest BCUT2D eigenvalue weighted by Crippen LogP contribution is -2.14. The summed E-state index contributed by atoms with van der Waals surface area (Å²) in [5, 5.41) is 5.75. The Morgan fingerprint density at radius 1 is 1.10 bits per heavy atom. The number of carbonyl (C=O) groups is 1. The van der Waals surface area contributed by atoms with E-state index >= 15 is 0 Å². The van der Waals surface area contributed by atoms with E-state index in [4.69, 9.17) is 0 Å². The zero-order valence-corrected chi connectivity index (χ0v) is 17.9. The summed E-state index contributed by atoms with van der Waals surface area (Å²) in [5.41, 5.74) is 4.19. The molecule has 1 N–H and O–H groups in total. The molecule has 1 amide bonds. The van der Waals surface area contributed by atoms with E-state index in [1.165, 1.54) is 0 Å². The fourth-order valence-corrected chi connectivity index (χ4v) is 4.00. The van der Waals surface area contributed by atoms with Crippen molar-refractivity contribution in [1.82, 2.24) is 9.97 Å². The molecule has 0 spiro atoms. The number of anilines is 4. The summed E-state index contributed by atoms with van der Waals surface area (Å²) in [6, 6.07) is 17.0. The first-order valence-corrected chi connectivity index (χ1v) is 10.6. The van der Waals surface area contributed by atoms with Crippen molar-refractivity contribution >= 4 is 55.4 Å². The number of thiazole rings is 1. The van der Waals surface area contributed by atoms with Crippen molar-refractivity contribution in [3.8, 4) is 0 Å². The van der Waals surface area contributed by atoms with Crippen molar-refractivity contribution < 1.29 is 4.79 Å². The predicted octanol–water partition coefficient (Wildman–Crippen LogP) is 6.33. The largest absolute Gasteiger partial charge is 0.322 e. The van der Waals surface area contributed by atoms with Crippen LogP contribution in [0, 0.1) is 6.92 Å². The van der Waals surface area contributed by atoms with Gasteiger partial charge in [-0.3, -0.25) is 14.7 Å². The van der Waals surface area contributed by atoms with Crippen LogP contribution in [0.4, 0.5) is 22.2 Å². The van der Waals surface area contributed by atoms with Crippen LogP contribution in [0.3, 0.4) is 0 Å². The molecule has 144 valence electrons. The Labute approximate surface area is 181 Å². The number of halogens is 1. The molecule has 2 aromatic carbocycles. The Bertz CT molecular complexity index is 1130. The maximum atomic E-state index is 12.7. The van der Waals surface area contributed by atoms with Crippen molar-refractivity contribution in [2.45, 2.75) is 6.92 Å². The number of hydrogen-bond donors (Lipinski definition) is 1. The van der Waals surface area contributed by atoms with E-state index in [0.717, 1.165) is 26.5 Å². The maximum absolute atomic E-state index is 12.7. The maximum Gasteiger partial charge on any atom is 0.255 e. The highest BCUT2D eigenvalue weighted by Crippen LogP contribution is 2.38. The third-order valence-corrected chi connectivity index (χ3v) is 5.56. The smallest absolute Gasteiger partial charge is 0.255 e. The molecule has 0 saturated carbocycles. The van der Waals surface area contributed by atoms with Crippen molar-refractivity contribution in [3.63, 3.8) is 0 Å². The minimum absolute atomic E-state index is 0.164. The molecule has 2 heterocycles. The molecule has 4 rings (SSSR count). The lowest BCUT2D eigenvalue weighted by atomic mass is 10.1. The quantitative estimate of drug-likeness (QED) is 0.374. The van der Waals surface area contributed by atoms with Crippen LogP contribution in [-0.4, -0.2) is 15.9 Å². The van der Waals surface area contributed by atoms with E-state index in [2.05, 4.69) is 31.2 Å². The van der Waals surface area contributed by atoms with Gasteiger partial charge in [-0.1, -0.05) is 28.1 Å². The molecule has 0 aliphatic heterocycles. The first kappa shape index (κ1) is 19.3. The Hall–Kier alpha value is -3.03. The molecule has 0 aliphatic rings. The third-order valence-electron chi connectivity index (χ3n) is 4.31. The number of nitrogens with zero attached hydrogens (tertiary/aromatic N) is 3. The van der Waals surface area contributed by atoms with Gasteiger partial charge in [-0.25, -0.2) is 4.98 Å². The van der Waals surface area contributed by atoms with Crippen LogP contribution in [0.5, 0.6) is 0 Å². The fraction of sp³-hybridized carbons (Fsp3) is 0.0455. The first-order valence-electron chi connectivity index (χ1n) is 8.89. The number of hydrogen-bond acceptors (Lipinski definition) is 5. The zero-order valence-electron chi connectivity index (χ0n) is 15.5. The third kappa shape index (κ3) is 4.36. The van der Waals surface area contributed by atoms with E-state index in [1.807, 2.05) is 59.7 Å². The minimum atomic E-state index is -0.164. The van der Waals surface area contributed by atoms with Gasteiger partial charge in [0, 0.05) is 33.5 Å². The molecule has 0 aliphatic carbocycles. The van der Waals surface area contributed by atoms with E-state index in [0.29, 0.717) is 11.3 Å². The molecule has 7 heteroatoms. The highest BCUT2D eigenvalue weighted by Gasteiger charge is 2.18. The molecular weight excluding hydrogens is 448 g/mol. The summed E-state index contributed by atoms with van der Waals surface area (Å²) < 4.78 is 0.862. The Morgan fingerprint density at radius 3 is 2.72 bits per heavy atom. The summed E-state index contributed by atoms with van der Waals surface area (Å²) in [5.74, 6) is -0.164. The van der Waals surface area contributed by atoms with Gasteiger partial charge >= 0.3 is 0 Å². The van der Waals surface area contributed by atoms with Crippen LogP contribution >= 0.6 is 27.3 Å². The molecule has 0 saturated heterocycles. The SMILES string of the molecule is Cc1ccc(NC(=O)c2cccc(Br)c2)cc1N(c1cccnc1)c1nccs1. The predicted molar refractivity (Wildman–Crippen MR) is 121 cm³/mol. The normalized spacial score (nSPS) is 10.6. The minimum Gasteiger partial charge on any atom is -0.322 e. The van der Waals surface area contributed by atoms with Crippen molar-refractivity contribution in [1.29, 1.82) is 0 Å². The van der Waals surface area contributed by atoms with Gasteiger partial charge in [-0.2, -0.15) is 0 Å². The van der Waals surface area contributed by atoms with E-state index < -0.39 is 0 Å². The average molecular weight is 465 g/mol. The molecule has 29 heavy (non-hydrogen) atoms. The van der Waals surface area contributed by atoms with E-state index in [1.54, 1.807) is 42.1 Å². The molecular formula is C22H17BrN4OS. The summed E-state index contributed by atoms with van der Waals surface area (Å²) in [6.45, 7) is 2.03. The molecule has 2 aromatic heterocycles.